The first-order valence-corrected chi connectivity index (χ1v) is 10.2. The van der Waals surface area contributed by atoms with Gasteiger partial charge in [0.25, 0.3) is 0 Å². The molecule has 2 aromatic carbocycles. The minimum atomic E-state index is -1.19. The topological polar surface area (TPSA) is 165 Å². The number of carbonyl (C=O) groups excluding carboxylic acids is 3. The lowest BCUT2D eigenvalue weighted by atomic mass is 10.0. The van der Waals surface area contributed by atoms with Crippen LogP contribution in [0.1, 0.15) is 24.0 Å². The van der Waals surface area contributed by atoms with E-state index in [0.717, 1.165) is 11.1 Å². The average molecular weight is 441 g/mol. The van der Waals surface area contributed by atoms with Gasteiger partial charge < -0.3 is 27.2 Å². The largest absolute Gasteiger partial charge is 0.480 e. The molecular weight excluding hydrogens is 412 g/mol. The van der Waals surface area contributed by atoms with Crippen LogP contribution in [0.15, 0.2) is 60.7 Å². The standard InChI is InChI=1S/C23H28N4O5/c24-17(11-12-20(25)28)21(29)26-18(13-15-7-3-1-4-8-15)22(30)27-19(23(31)32)14-16-9-5-2-6-10-16/h1-10,17-19H,11-14,24H2,(H2,25,28)(H,26,29)(H,27,30)(H,31,32)/t17-,18-,19-/m0/s1. The van der Waals surface area contributed by atoms with Crippen molar-refractivity contribution >= 4 is 23.7 Å². The zero-order valence-corrected chi connectivity index (χ0v) is 17.6. The number of carboxylic acids is 1. The molecule has 3 atom stereocenters. The van der Waals surface area contributed by atoms with Crippen molar-refractivity contribution in [2.75, 3.05) is 0 Å². The first-order chi connectivity index (χ1) is 15.3. The van der Waals surface area contributed by atoms with Crippen LogP contribution in [0.2, 0.25) is 0 Å². The molecule has 0 aromatic heterocycles. The third-order valence-corrected chi connectivity index (χ3v) is 4.85. The first kappa shape index (κ1) is 24.5. The van der Waals surface area contributed by atoms with Crippen LogP contribution < -0.4 is 22.1 Å². The van der Waals surface area contributed by atoms with E-state index >= 15 is 0 Å². The molecule has 2 rings (SSSR count). The van der Waals surface area contributed by atoms with Gasteiger partial charge in [0.15, 0.2) is 0 Å². The van der Waals surface area contributed by atoms with Gasteiger partial charge in [0.1, 0.15) is 12.1 Å². The van der Waals surface area contributed by atoms with E-state index in [1.54, 1.807) is 48.5 Å². The number of nitrogens with one attached hydrogen (secondary N) is 2. The average Bonchev–Trinajstić information content (AvgIpc) is 2.77. The number of rotatable bonds is 12. The minimum absolute atomic E-state index is 0.0343. The summed E-state index contributed by atoms with van der Waals surface area (Å²) in [6.07, 6.45) is 0.194. The summed E-state index contributed by atoms with van der Waals surface area (Å²) in [7, 11) is 0. The lowest BCUT2D eigenvalue weighted by Gasteiger charge is -2.23. The normalized spacial score (nSPS) is 13.4. The van der Waals surface area contributed by atoms with Crippen LogP contribution in [0.25, 0.3) is 0 Å². The van der Waals surface area contributed by atoms with Crippen molar-refractivity contribution in [3.8, 4) is 0 Å². The Hall–Kier alpha value is -3.72. The second-order valence-corrected chi connectivity index (χ2v) is 7.45. The number of carbonyl (C=O) groups is 4. The molecule has 0 aliphatic rings. The summed E-state index contributed by atoms with van der Waals surface area (Å²) in [5.74, 6) is -3.05. The lowest BCUT2D eigenvalue weighted by molar-refractivity contribution is -0.142. The van der Waals surface area contributed by atoms with E-state index in [0.29, 0.717) is 0 Å². The molecule has 0 saturated heterocycles. The first-order valence-electron chi connectivity index (χ1n) is 10.2. The second-order valence-electron chi connectivity index (χ2n) is 7.45. The van der Waals surface area contributed by atoms with Gasteiger partial charge in [-0.1, -0.05) is 60.7 Å². The SMILES string of the molecule is NC(=O)CC[C@H](N)C(=O)N[C@@H](Cc1ccccc1)C(=O)N[C@@H](Cc1ccccc1)C(=O)O. The number of carboxylic acid groups (broad SMARTS) is 1. The number of nitrogens with two attached hydrogens (primary N) is 2. The van der Waals surface area contributed by atoms with Gasteiger partial charge in [0, 0.05) is 19.3 Å². The van der Waals surface area contributed by atoms with Crippen molar-refractivity contribution in [3.05, 3.63) is 71.8 Å². The zero-order valence-electron chi connectivity index (χ0n) is 17.6. The summed E-state index contributed by atoms with van der Waals surface area (Å²) >= 11 is 0. The summed E-state index contributed by atoms with van der Waals surface area (Å²) in [4.78, 5) is 48.1. The van der Waals surface area contributed by atoms with Crippen molar-refractivity contribution in [2.45, 2.75) is 43.8 Å². The van der Waals surface area contributed by atoms with E-state index in [-0.39, 0.29) is 25.7 Å². The highest BCUT2D eigenvalue weighted by Gasteiger charge is 2.28. The Balaban J connectivity index is 2.13. The number of aliphatic carboxylic acids is 1. The van der Waals surface area contributed by atoms with Crippen LogP contribution in [0, 0.1) is 0 Å². The number of hydrogen-bond acceptors (Lipinski definition) is 5. The Morgan fingerprint density at radius 1 is 0.781 bits per heavy atom. The fourth-order valence-corrected chi connectivity index (χ4v) is 3.09. The highest BCUT2D eigenvalue weighted by molar-refractivity contribution is 5.92. The van der Waals surface area contributed by atoms with E-state index in [1.807, 2.05) is 12.1 Å². The van der Waals surface area contributed by atoms with Crippen LogP contribution in [0.5, 0.6) is 0 Å². The van der Waals surface area contributed by atoms with Gasteiger partial charge in [-0.2, -0.15) is 0 Å². The van der Waals surface area contributed by atoms with Gasteiger partial charge in [-0.05, 0) is 17.5 Å². The van der Waals surface area contributed by atoms with E-state index in [1.165, 1.54) is 0 Å². The van der Waals surface area contributed by atoms with Crippen molar-refractivity contribution in [1.29, 1.82) is 0 Å². The summed E-state index contributed by atoms with van der Waals surface area (Å²) in [5, 5.41) is 14.7. The van der Waals surface area contributed by atoms with Gasteiger partial charge in [-0.3, -0.25) is 14.4 Å². The molecule has 0 bridgehead atoms. The van der Waals surface area contributed by atoms with Crippen LogP contribution in [0.4, 0.5) is 0 Å². The minimum Gasteiger partial charge on any atom is -0.480 e. The molecule has 0 saturated carbocycles. The molecule has 9 heteroatoms. The van der Waals surface area contributed by atoms with Crippen molar-refractivity contribution in [1.82, 2.24) is 10.6 Å². The Morgan fingerprint density at radius 2 is 1.25 bits per heavy atom. The van der Waals surface area contributed by atoms with Crippen LogP contribution >= 0.6 is 0 Å². The molecule has 170 valence electrons. The molecule has 2 aromatic rings. The predicted octanol–water partition coefficient (Wildman–Crippen LogP) is 0.119. The third kappa shape index (κ3) is 8.19. The van der Waals surface area contributed by atoms with Crippen molar-refractivity contribution in [2.24, 2.45) is 11.5 Å². The smallest absolute Gasteiger partial charge is 0.326 e. The molecule has 7 N–H and O–H groups in total. The molecule has 0 unspecified atom stereocenters. The summed E-state index contributed by atoms with van der Waals surface area (Å²) in [6.45, 7) is 0. The molecule has 32 heavy (non-hydrogen) atoms. The van der Waals surface area contributed by atoms with Crippen LogP contribution in [-0.2, 0) is 32.0 Å². The maximum atomic E-state index is 13.0. The van der Waals surface area contributed by atoms with Gasteiger partial charge in [0.2, 0.25) is 17.7 Å². The van der Waals surface area contributed by atoms with Crippen LogP contribution in [0.3, 0.4) is 0 Å². The van der Waals surface area contributed by atoms with E-state index in [9.17, 15) is 24.3 Å². The quantitative estimate of drug-likeness (QED) is 0.314. The van der Waals surface area contributed by atoms with Gasteiger partial charge in [0.05, 0.1) is 6.04 Å². The van der Waals surface area contributed by atoms with Crippen molar-refractivity contribution < 1.29 is 24.3 Å². The molecule has 0 spiro atoms. The van der Waals surface area contributed by atoms with Gasteiger partial charge >= 0.3 is 5.97 Å². The Bertz CT molecular complexity index is 920. The Kier molecular flexibility index (Phi) is 9.37. The zero-order chi connectivity index (χ0) is 23.5. The molecular formula is C23H28N4O5. The maximum Gasteiger partial charge on any atom is 0.326 e. The lowest BCUT2D eigenvalue weighted by Crippen LogP contribution is -2.55. The second kappa shape index (κ2) is 12.2. The fourth-order valence-electron chi connectivity index (χ4n) is 3.09. The van der Waals surface area contributed by atoms with Crippen molar-refractivity contribution in [3.63, 3.8) is 0 Å². The molecule has 0 aliphatic carbocycles. The van der Waals surface area contributed by atoms with Crippen LogP contribution in [-0.4, -0.2) is 46.9 Å². The molecule has 0 aliphatic heterocycles. The monoisotopic (exact) mass is 440 g/mol. The number of hydrogen-bond donors (Lipinski definition) is 5. The molecule has 0 heterocycles. The van der Waals surface area contributed by atoms with E-state index in [4.69, 9.17) is 11.5 Å². The number of amides is 3. The van der Waals surface area contributed by atoms with Gasteiger partial charge in [-0.25, -0.2) is 4.79 Å². The Morgan fingerprint density at radius 3 is 1.72 bits per heavy atom. The molecule has 0 fully saturated rings. The van der Waals surface area contributed by atoms with Gasteiger partial charge in [-0.15, -0.1) is 0 Å². The predicted molar refractivity (Wildman–Crippen MR) is 118 cm³/mol. The highest BCUT2D eigenvalue weighted by Crippen LogP contribution is 2.07. The molecule has 3 amide bonds. The third-order valence-electron chi connectivity index (χ3n) is 4.85. The molecule has 9 nitrogen and oxygen atoms in total. The number of benzene rings is 2. The summed E-state index contributed by atoms with van der Waals surface area (Å²) in [5.41, 5.74) is 12.4. The highest BCUT2D eigenvalue weighted by atomic mass is 16.4. The fraction of sp³-hybridized carbons (Fsp3) is 0.304. The van der Waals surface area contributed by atoms with E-state index < -0.39 is 41.8 Å². The summed E-state index contributed by atoms with van der Waals surface area (Å²) < 4.78 is 0. The molecule has 0 radical (unpaired) electrons. The number of primary amides is 1. The van der Waals surface area contributed by atoms with E-state index in [2.05, 4.69) is 10.6 Å². The maximum absolute atomic E-state index is 13.0. The Labute approximate surface area is 186 Å². The summed E-state index contributed by atoms with van der Waals surface area (Å²) in [6, 6.07) is 14.6.